The molecule has 4 fully saturated rings. The van der Waals surface area contributed by atoms with Crippen molar-refractivity contribution in [2.24, 2.45) is 11.8 Å². The number of carbonyl (C=O) groups excluding carboxylic acids is 3. The van der Waals surface area contributed by atoms with Crippen molar-refractivity contribution in [1.82, 2.24) is 10.2 Å². The lowest BCUT2D eigenvalue weighted by Crippen LogP contribution is -2.57. The van der Waals surface area contributed by atoms with Crippen LogP contribution in [-0.4, -0.2) is 64.2 Å². The van der Waals surface area contributed by atoms with Crippen molar-refractivity contribution in [2.75, 3.05) is 18.5 Å². The summed E-state index contributed by atoms with van der Waals surface area (Å²) in [6.45, 7) is 2.54. The van der Waals surface area contributed by atoms with E-state index < -0.39 is 29.1 Å². The fourth-order valence-electron chi connectivity index (χ4n) is 7.38. The third kappa shape index (κ3) is 4.78. The lowest BCUT2D eigenvalue weighted by atomic mass is 9.66. The van der Waals surface area contributed by atoms with Gasteiger partial charge in [-0.1, -0.05) is 50.3 Å². The van der Waals surface area contributed by atoms with Gasteiger partial charge in [-0.05, 0) is 57.6 Å². The zero-order valence-corrected chi connectivity index (χ0v) is 21.9. The van der Waals surface area contributed by atoms with Crippen LogP contribution in [0.4, 0.5) is 5.69 Å². The molecular formula is C29H41N3O5. The van der Waals surface area contributed by atoms with Crippen LogP contribution in [-0.2, 0) is 19.1 Å². The smallest absolute Gasteiger partial charge is 0.246 e. The number of ether oxygens (including phenoxy) is 1. The number of benzene rings is 1. The number of aliphatic hydroxyl groups is 1. The summed E-state index contributed by atoms with van der Waals surface area (Å²) in [6, 6.07) is 8.69. The Morgan fingerprint density at radius 3 is 2.49 bits per heavy atom. The highest BCUT2D eigenvalue weighted by atomic mass is 16.5. The Balaban J connectivity index is 1.41. The minimum Gasteiger partial charge on any atom is -0.396 e. The molecule has 5 atom stereocenters. The highest BCUT2D eigenvalue weighted by Gasteiger charge is 2.77. The molecule has 0 aromatic heterocycles. The number of nitrogens with zero attached hydrogens (tertiary/aromatic N) is 1. The molecule has 4 aliphatic rings. The third-order valence-electron chi connectivity index (χ3n) is 9.11. The molecule has 37 heavy (non-hydrogen) atoms. The summed E-state index contributed by atoms with van der Waals surface area (Å²) >= 11 is 0. The topological polar surface area (TPSA) is 108 Å². The highest BCUT2D eigenvalue weighted by molar-refractivity contribution is 6.02. The maximum Gasteiger partial charge on any atom is 0.246 e. The highest BCUT2D eigenvalue weighted by Crippen LogP contribution is 2.63. The van der Waals surface area contributed by atoms with E-state index in [0.29, 0.717) is 25.1 Å². The average molecular weight is 512 g/mol. The van der Waals surface area contributed by atoms with E-state index in [2.05, 4.69) is 10.6 Å². The second-order valence-electron chi connectivity index (χ2n) is 11.6. The SMILES string of the molecule is C[C@@]12CCC3(O1)C(C(=O)NC1CCCCC1)N(CCCCCCO)C(=O)[C@@H]3[C@@H]2C(=O)Nc1ccccc1. The van der Waals surface area contributed by atoms with Crippen LogP contribution in [0.3, 0.4) is 0 Å². The number of carbonyl (C=O) groups is 3. The van der Waals surface area contributed by atoms with Crippen LogP contribution in [0.2, 0.25) is 0 Å². The number of hydrogen-bond donors (Lipinski definition) is 3. The molecule has 3 saturated heterocycles. The number of rotatable bonds is 10. The molecule has 3 aliphatic heterocycles. The average Bonchev–Trinajstić information content (AvgIpc) is 3.46. The fourth-order valence-corrected chi connectivity index (χ4v) is 7.38. The molecule has 3 N–H and O–H groups in total. The van der Waals surface area contributed by atoms with Crippen molar-refractivity contribution in [3.8, 4) is 0 Å². The van der Waals surface area contributed by atoms with Gasteiger partial charge in [-0.3, -0.25) is 14.4 Å². The van der Waals surface area contributed by atoms with Crippen LogP contribution in [0.1, 0.15) is 77.6 Å². The predicted octanol–water partition coefficient (Wildman–Crippen LogP) is 3.39. The molecule has 202 valence electrons. The Hall–Kier alpha value is -2.45. The number of aliphatic hydroxyl groups excluding tert-OH is 1. The maximum atomic E-state index is 14.1. The molecule has 2 unspecified atom stereocenters. The first kappa shape index (κ1) is 26.2. The quantitative estimate of drug-likeness (QED) is 0.418. The number of amides is 3. The van der Waals surface area contributed by atoms with Crippen LogP contribution < -0.4 is 10.6 Å². The minimum atomic E-state index is -0.978. The number of fused-ring (bicyclic) bond motifs is 1. The van der Waals surface area contributed by atoms with Crippen molar-refractivity contribution in [3.63, 3.8) is 0 Å². The van der Waals surface area contributed by atoms with Crippen LogP contribution in [0.15, 0.2) is 30.3 Å². The Kier molecular flexibility index (Phi) is 7.59. The van der Waals surface area contributed by atoms with Crippen LogP contribution in [0, 0.1) is 11.8 Å². The Morgan fingerprint density at radius 1 is 1.03 bits per heavy atom. The fraction of sp³-hybridized carbons (Fsp3) is 0.690. The van der Waals surface area contributed by atoms with E-state index in [4.69, 9.17) is 9.84 Å². The summed E-state index contributed by atoms with van der Waals surface area (Å²) in [5.41, 5.74) is -1.07. The second kappa shape index (κ2) is 10.7. The van der Waals surface area contributed by atoms with Crippen LogP contribution in [0.5, 0.6) is 0 Å². The van der Waals surface area contributed by atoms with Gasteiger partial charge >= 0.3 is 0 Å². The zero-order valence-electron chi connectivity index (χ0n) is 21.9. The van der Waals surface area contributed by atoms with E-state index >= 15 is 0 Å². The van der Waals surface area contributed by atoms with E-state index in [9.17, 15) is 14.4 Å². The van der Waals surface area contributed by atoms with Gasteiger partial charge in [-0.15, -0.1) is 0 Å². The maximum absolute atomic E-state index is 14.1. The molecule has 5 rings (SSSR count). The number of anilines is 1. The van der Waals surface area contributed by atoms with Gasteiger partial charge in [0.25, 0.3) is 0 Å². The van der Waals surface area contributed by atoms with Gasteiger partial charge in [0.2, 0.25) is 17.7 Å². The van der Waals surface area contributed by atoms with Gasteiger partial charge in [0.05, 0.1) is 17.4 Å². The van der Waals surface area contributed by atoms with Gasteiger partial charge < -0.3 is 25.4 Å². The predicted molar refractivity (Wildman–Crippen MR) is 140 cm³/mol. The summed E-state index contributed by atoms with van der Waals surface area (Å²) in [5, 5.41) is 15.4. The van der Waals surface area contributed by atoms with Crippen molar-refractivity contribution in [1.29, 1.82) is 0 Å². The molecule has 2 bridgehead atoms. The summed E-state index contributed by atoms with van der Waals surface area (Å²) in [6.07, 6.45) is 9.79. The van der Waals surface area contributed by atoms with E-state index in [1.807, 2.05) is 37.3 Å². The van der Waals surface area contributed by atoms with Gasteiger partial charge in [0.15, 0.2) is 0 Å². The molecule has 1 saturated carbocycles. The first-order chi connectivity index (χ1) is 17.9. The Bertz CT molecular complexity index is 997. The monoisotopic (exact) mass is 511 g/mol. The van der Waals surface area contributed by atoms with E-state index in [1.165, 1.54) is 6.42 Å². The van der Waals surface area contributed by atoms with Gasteiger partial charge in [0, 0.05) is 24.9 Å². The van der Waals surface area contributed by atoms with Crippen molar-refractivity contribution in [3.05, 3.63) is 30.3 Å². The first-order valence-corrected chi connectivity index (χ1v) is 14.2. The Labute approximate surface area is 219 Å². The molecular weight excluding hydrogens is 470 g/mol. The minimum absolute atomic E-state index is 0.129. The largest absolute Gasteiger partial charge is 0.396 e. The first-order valence-electron chi connectivity index (χ1n) is 14.2. The summed E-state index contributed by atoms with van der Waals surface area (Å²) in [7, 11) is 0. The molecule has 0 radical (unpaired) electrons. The zero-order chi connectivity index (χ0) is 26.0. The summed E-state index contributed by atoms with van der Waals surface area (Å²) < 4.78 is 6.69. The van der Waals surface area contributed by atoms with E-state index in [-0.39, 0.29) is 30.4 Å². The number of likely N-dealkylation sites (tertiary alicyclic amines) is 1. The van der Waals surface area contributed by atoms with Gasteiger partial charge in [-0.2, -0.15) is 0 Å². The normalized spacial score (nSPS) is 33.0. The number of nitrogens with one attached hydrogen (secondary N) is 2. The summed E-state index contributed by atoms with van der Waals surface area (Å²) in [5.74, 6) is -1.81. The number of unbranched alkanes of at least 4 members (excludes halogenated alkanes) is 3. The van der Waals surface area contributed by atoms with Crippen LogP contribution in [0.25, 0.3) is 0 Å². The molecule has 1 aromatic carbocycles. The molecule has 1 aromatic rings. The van der Waals surface area contributed by atoms with Crippen molar-refractivity contribution >= 4 is 23.4 Å². The van der Waals surface area contributed by atoms with Gasteiger partial charge in [0.1, 0.15) is 11.6 Å². The standard InChI is InChI=1S/C29H41N3O5/c1-28-16-17-29(37-28)23(22(28)25(34)30-20-12-6-4-7-13-20)27(36)32(18-10-2-3-11-19-33)24(29)26(35)31-21-14-8-5-9-15-21/h4,6-7,12-13,21-24,33H,2-3,5,8-11,14-19H2,1H3,(H,30,34)(H,31,35)/t22-,23+,24?,28+,29?/m1/s1. The molecule has 3 amide bonds. The van der Waals surface area contributed by atoms with Crippen molar-refractivity contribution < 1.29 is 24.2 Å². The number of para-hydroxylation sites is 1. The van der Waals surface area contributed by atoms with Crippen molar-refractivity contribution in [2.45, 2.75) is 101 Å². The van der Waals surface area contributed by atoms with E-state index in [1.54, 1.807) is 4.90 Å². The number of hydrogen-bond acceptors (Lipinski definition) is 5. The lowest BCUT2D eigenvalue weighted by Gasteiger charge is -2.35. The molecule has 3 heterocycles. The molecule has 8 heteroatoms. The molecule has 1 spiro atoms. The molecule has 1 aliphatic carbocycles. The molecule has 8 nitrogen and oxygen atoms in total. The summed E-state index contributed by atoms with van der Waals surface area (Å²) in [4.78, 5) is 43.3. The second-order valence-corrected chi connectivity index (χ2v) is 11.6. The third-order valence-corrected chi connectivity index (χ3v) is 9.11. The Morgan fingerprint density at radius 2 is 1.76 bits per heavy atom. The van der Waals surface area contributed by atoms with Gasteiger partial charge in [-0.25, -0.2) is 0 Å². The lowest BCUT2D eigenvalue weighted by molar-refractivity contribution is -0.145. The van der Waals surface area contributed by atoms with E-state index in [0.717, 1.165) is 51.4 Å². The van der Waals surface area contributed by atoms with Crippen LogP contribution >= 0.6 is 0 Å².